The molecule has 0 fully saturated rings. The summed E-state index contributed by atoms with van der Waals surface area (Å²) in [5.41, 5.74) is 0.459. The fraction of sp³-hybridized carbons (Fsp3) is 0.400. The lowest BCUT2D eigenvalue weighted by Gasteiger charge is -2.26. The van der Waals surface area contributed by atoms with E-state index >= 15 is 0 Å². The van der Waals surface area contributed by atoms with Crippen molar-refractivity contribution in [3.05, 3.63) is 51.4 Å². The van der Waals surface area contributed by atoms with Gasteiger partial charge in [-0.3, -0.25) is 9.69 Å². The zero-order valence-corrected chi connectivity index (χ0v) is 18.1. The Labute approximate surface area is 182 Å². The van der Waals surface area contributed by atoms with Crippen LogP contribution < -0.4 is 5.32 Å². The summed E-state index contributed by atoms with van der Waals surface area (Å²) in [6, 6.07) is 3.95. The van der Waals surface area contributed by atoms with E-state index in [1.54, 1.807) is 0 Å². The highest BCUT2D eigenvalue weighted by atomic mass is 35.5. The molecule has 2 heterocycles. The lowest BCUT2D eigenvalue weighted by atomic mass is 10.0. The normalized spacial score (nSPS) is 13.9. The number of alkyl halides is 3. The van der Waals surface area contributed by atoms with Gasteiger partial charge >= 0.3 is 12.1 Å². The Kier molecular flexibility index (Phi) is 7.90. The molecule has 0 radical (unpaired) electrons. The third-order valence-electron chi connectivity index (χ3n) is 4.77. The second-order valence-corrected chi connectivity index (χ2v) is 7.86. The number of ether oxygens (including phenoxy) is 1. The molecule has 1 aliphatic heterocycles. The number of anilines is 1. The summed E-state index contributed by atoms with van der Waals surface area (Å²) in [6.45, 7) is 4.54. The second kappa shape index (κ2) is 9.80. The van der Waals surface area contributed by atoms with Crippen molar-refractivity contribution in [2.24, 2.45) is 0 Å². The van der Waals surface area contributed by atoms with Crippen molar-refractivity contribution in [3.8, 4) is 0 Å². The summed E-state index contributed by atoms with van der Waals surface area (Å²) in [6.07, 6.45) is -2.78. The Morgan fingerprint density at radius 1 is 1.23 bits per heavy atom. The van der Waals surface area contributed by atoms with Gasteiger partial charge in [0.25, 0.3) is 5.91 Å². The average molecular weight is 463 g/mol. The van der Waals surface area contributed by atoms with Crippen LogP contribution in [-0.2, 0) is 23.9 Å². The molecule has 1 N–H and O–H groups in total. The van der Waals surface area contributed by atoms with Gasteiger partial charge in [-0.2, -0.15) is 13.2 Å². The van der Waals surface area contributed by atoms with E-state index in [0.29, 0.717) is 23.5 Å². The minimum absolute atomic E-state index is 0. The van der Waals surface area contributed by atoms with Crippen molar-refractivity contribution in [3.63, 3.8) is 0 Å². The molecular formula is C20H22ClF3N2O3S. The number of thiophene rings is 1. The highest BCUT2D eigenvalue weighted by Gasteiger charge is 2.31. The number of fused-ring (bicyclic) bond motifs is 1. The number of hydrogen-bond acceptors (Lipinski definition) is 5. The number of esters is 1. The highest BCUT2D eigenvalue weighted by molar-refractivity contribution is 7.17. The molecule has 30 heavy (non-hydrogen) atoms. The lowest BCUT2D eigenvalue weighted by molar-refractivity contribution is -0.137. The van der Waals surface area contributed by atoms with Crippen LogP contribution in [0.25, 0.3) is 0 Å². The minimum atomic E-state index is -4.47. The number of halogens is 4. The first-order chi connectivity index (χ1) is 13.7. The van der Waals surface area contributed by atoms with E-state index in [9.17, 15) is 22.8 Å². The van der Waals surface area contributed by atoms with Crippen LogP contribution in [0.1, 0.15) is 50.1 Å². The molecule has 5 nitrogen and oxygen atoms in total. The molecule has 1 amide bonds. The standard InChI is InChI=1S/C20H21F3N2O3S.ClH/c1-3-9-25-10-8-14-15(11-25)29-18(16(14)19(27)28-2)24-17(26)12-4-6-13(7-5-12)20(21,22)23;/h4-7H,3,8-11H2,1-2H3,(H,24,26);1H. The van der Waals surface area contributed by atoms with E-state index in [0.717, 1.165) is 54.2 Å². The van der Waals surface area contributed by atoms with Gasteiger partial charge in [-0.15, -0.1) is 23.7 Å². The summed E-state index contributed by atoms with van der Waals surface area (Å²) in [7, 11) is 1.28. The van der Waals surface area contributed by atoms with Gasteiger partial charge in [-0.1, -0.05) is 6.92 Å². The topological polar surface area (TPSA) is 58.6 Å². The number of rotatable bonds is 5. The first-order valence-electron chi connectivity index (χ1n) is 9.18. The number of methoxy groups -OCH3 is 1. The van der Waals surface area contributed by atoms with E-state index in [1.165, 1.54) is 18.4 Å². The monoisotopic (exact) mass is 462 g/mol. The Morgan fingerprint density at radius 2 is 1.90 bits per heavy atom. The summed E-state index contributed by atoms with van der Waals surface area (Å²) in [5, 5.41) is 3.05. The van der Waals surface area contributed by atoms with Gasteiger partial charge in [0.1, 0.15) is 5.00 Å². The molecule has 0 spiro atoms. The molecule has 1 aromatic heterocycles. The first-order valence-corrected chi connectivity index (χ1v) is 10.00. The molecule has 3 rings (SSSR count). The summed E-state index contributed by atoms with van der Waals surface area (Å²) in [4.78, 5) is 28.2. The molecule has 10 heteroatoms. The van der Waals surface area contributed by atoms with Crippen LogP contribution in [0, 0.1) is 0 Å². The highest BCUT2D eigenvalue weighted by Crippen LogP contribution is 2.38. The summed E-state index contributed by atoms with van der Waals surface area (Å²) in [5.74, 6) is -1.11. The Bertz CT molecular complexity index is 913. The van der Waals surface area contributed by atoms with Gasteiger partial charge in [0, 0.05) is 23.5 Å². The van der Waals surface area contributed by atoms with Crippen LogP contribution in [0.4, 0.5) is 18.2 Å². The molecule has 0 bridgehead atoms. The maximum atomic E-state index is 12.7. The molecule has 0 saturated carbocycles. The fourth-order valence-electron chi connectivity index (χ4n) is 3.36. The van der Waals surface area contributed by atoms with Gasteiger partial charge < -0.3 is 10.1 Å². The van der Waals surface area contributed by atoms with E-state index in [4.69, 9.17) is 4.74 Å². The summed E-state index contributed by atoms with van der Waals surface area (Å²) >= 11 is 1.31. The van der Waals surface area contributed by atoms with Crippen molar-refractivity contribution < 1.29 is 27.5 Å². The number of hydrogen-bond donors (Lipinski definition) is 1. The Morgan fingerprint density at radius 3 is 2.47 bits per heavy atom. The van der Waals surface area contributed by atoms with Crippen LogP contribution in [0.15, 0.2) is 24.3 Å². The first kappa shape index (κ1) is 24.2. The maximum absolute atomic E-state index is 12.7. The van der Waals surface area contributed by atoms with Crippen molar-refractivity contribution >= 4 is 40.6 Å². The third kappa shape index (κ3) is 5.14. The SMILES string of the molecule is CCCN1CCc2c(sc(NC(=O)c3ccc(C(F)(F)F)cc3)c2C(=O)OC)C1.Cl. The smallest absolute Gasteiger partial charge is 0.416 e. The van der Waals surface area contributed by atoms with Crippen LogP contribution in [0.2, 0.25) is 0 Å². The predicted molar refractivity (Wildman–Crippen MR) is 112 cm³/mol. The van der Waals surface area contributed by atoms with Gasteiger partial charge in [-0.05, 0) is 49.2 Å². The molecule has 1 aromatic carbocycles. The maximum Gasteiger partial charge on any atom is 0.416 e. The minimum Gasteiger partial charge on any atom is -0.465 e. The van der Waals surface area contributed by atoms with Crippen LogP contribution in [0.5, 0.6) is 0 Å². The fourth-order valence-corrected chi connectivity index (χ4v) is 4.63. The molecule has 0 aliphatic carbocycles. The largest absolute Gasteiger partial charge is 0.465 e. The number of nitrogens with zero attached hydrogens (tertiary/aromatic N) is 1. The zero-order valence-electron chi connectivity index (χ0n) is 16.5. The average Bonchev–Trinajstić information content (AvgIpc) is 3.04. The molecular weight excluding hydrogens is 441 g/mol. The summed E-state index contributed by atoms with van der Waals surface area (Å²) < 4.78 is 43.0. The van der Waals surface area contributed by atoms with Crippen LogP contribution in [-0.4, -0.2) is 37.0 Å². The number of carbonyl (C=O) groups excluding carboxylic acids is 2. The van der Waals surface area contributed by atoms with Gasteiger partial charge in [0.2, 0.25) is 0 Å². The van der Waals surface area contributed by atoms with E-state index in [2.05, 4.69) is 17.1 Å². The molecule has 0 atom stereocenters. The lowest BCUT2D eigenvalue weighted by Crippen LogP contribution is -2.30. The number of benzene rings is 1. The Hall–Kier alpha value is -2.10. The van der Waals surface area contributed by atoms with E-state index < -0.39 is 23.6 Å². The van der Waals surface area contributed by atoms with Gasteiger partial charge in [-0.25, -0.2) is 4.79 Å². The number of amides is 1. The van der Waals surface area contributed by atoms with Crippen molar-refractivity contribution in [2.45, 2.75) is 32.5 Å². The predicted octanol–water partition coefficient (Wildman–Crippen LogP) is 5.00. The van der Waals surface area contributed by atoms with Crippen LogP contribution >= 0.6 is 23.7 Å². The van der Waals surface area contributed by atoms with Gasteiger partial charge in [0.15, 0.2) is 0 Å². The van der Waals surface area contributed by atoms with Gasteiger partial charge in [0.05, 0.1) is 18.2 Å². The van der Waals surface area contributed by atoms with Crippen molar-refractivity contribution in [2.75, 3.05) is 25.5 Å². The molecule has 2 aromatic rings. The molecule has 164 valence electrons. The van der Waals surface area contributed by atoms with E-state index in [-0.39, 0.29) is 18.0 Å². The van der Waals surface area contributed by atoms with Crippen LogP contribution in [0.3, 0.4) is 0 Å². The molecule has 0 unspecified atom stereocenters. The Balaban J connectivity index is 0.00000320. The third-order valence-corrected chi connectivity index (χ3v) is 5.90. The van der Waals surface area contributed by atoms with E-state index in [1.807, 2.05) is 0 Å². The molecule has 0 saturated heterocycles. The van der Waals surface area contributed by atoms with Crippen molar-refractivity contribution in [1.29, 1.82) is 0 Å². The second-order valence-electron chi connectivity index (χ2n) is 6.75. The van der Waals surface area contributed by atoms with Crippen molar-refractivity contribution in [1.82, 2.24) is 4.90 Å². The number of nitrogens with one attached hydrogen (secondary N) is 1. The quantitative estimate of drug-likeness (QED) is 0.635. The number of carbonyl (C=O) groups is 2. The molecule has 1 aliphatic rings. The zero-order chi connectivity index (χ0) is 21.2.